The van der Waals surface area contributed by atoms with Gasteiger partial charge in [0.15, 0.2) is 0 Å². The van der Waals surface area contributed by atoms with Gasteiger partial charge in [-0.05, 0) is 30.3 Å². The predicted molar refractivity (Wildman–Crippen MR) is 79.5 cm³/mol. The van der Waals surface area contributed by atoms with Crippen LogP contribution in [-0.2, 0) is 0 Å². The first kappa shape index (κ1) is 14.3. The fourth-order valence-corrected chi connectivity index (χ4v) is 2.10. The van der Waals surface area contributed by atoms with Gasteiger partial charge >= 0.3 is 0 Å². The molecule has 0 atom stereocenters. The molecule has 6 heteroatoms. The maximum atomic E-state index is 13.6. The van der Waals surface area contributed by atoms with Gasteiger partial charge in [0.2, 0.25) is 0 Å². The highest BCUT2D eigenvalue weighted by Gasteiger charge is 2.17. The highest BCUT2D eigenvalue weighted by molar-refractivity contribution is 9.10. The number of hydrogen-bond acceptors (Lipinski definition) is 3. The van der Waals surface area contributed by atoms with Crippen molar-refractivity contribution in [3.05, 3.63) is 52.3 Å². The molecular formula is C14H12BrFN2O2. The Morgan fingerprint density at radius 2 is 2.10 bits per heavy atom. The number of halogens is 2. The number of benzene rings is 2. The van der Waals surface area contributed by atoms with Crippen molar-refractivity contribution in [1.82, 2.24) is 0 Å². The third kappa shape index (κ3) is 2.91. The first-order valence-corrected chi connectivity index (χ1v) is 6.51. The molecule has 2 aromatic carbocycles. The number of ether oxygens (including phenoxy) is 1. The van der Waals surface area contributed by atoms with Crippen molar-refractivity contribution in [2.75, 3.05) is 18.2 Å². The van der Waals surface area contributed by atoms with E-state index in [-0.39, 0.29) is 16.9 Å². The quantitative estimate of drug-likeness (QED) is 0.842. The fraction of sp³-hybridized carbons (Fsp3) is 0.0714. The van der Waals surface area contributed by atoms with Crippen LogP contribution in [-0.4, -0.2) is 13.0 Å². The zero-order valence-corrected chi connectivity index (χ0v) is 12.2. The van der Waals surface area contributed by atoms with Gasteiger partial charge in [0.25, 0.3) is 5.91 Å². The summed E-state index contributed by atoms with van der Waals surface area (Å²) in [5.74, 6) is -0.732. The maximum Gasteiger partial charge on any atom is 0.261 e. The SMILES string of the molecule is COc1cccc(N)c1C(=O)Nc1cc(Br)ccc1F. The van der Waals surface area contributed by atoms with Crippen LogP contribution in [0.1, 0.15) is 10.4 Å². The molecule has 0 bridgehead atoms. The van der Waals surface area contributed by atoms with Crippen molar-refractivity contribution in [2.45, 2.75) is 0 Å². The van der Waals surface area contributed by atoms with E-state index in [1.165, 1.54) is 19.2 Å². The summed E-state index contributed by atoms with van der Waals surface area (Å²) in [5, 5.41) is 2.48. The molecule has 0 heterocycles. The molecule has 0 aromatic heterocycles. The van der Waals surface area contributed by atoms with Crippen LogP contribution in [0.15, 0.2) is 40.9 Å². The second-order valence-corrected chi connectivity index (χ2v) is 4.92. The van der Waals surface area contributed by atoms with Crippen molar-refractivity contribution < 1.29 is 13.9 Å². The highest BCUT2D eigenvalue weighted by Crippen LogP contribution is 2.26. The lowest BCUT2D eigenvalue weighted by Crippen LogP contribution is -2.16. The van der Waals surface area contributed by atoms with Crippen LogP contribution in [0.5, 0.6) is 5.75 Å². The van der Waals surface area contributed by atoms with Gasteiger partial charge in [0.1, 0.15) is 17.1 Å². The topological polar surface area (TPSA) is 64.3 Å². The molecule has 3 N–H and O–H groups in total. The lowest BCUT2D eigenvalue weighted by Gasteiger charge is -2.12. The number of anilines is 2. The molecule has 0 aliphatic heterocycles. The Bertz CT molecular complexity index is 662. The normalized spacial score (nSPS) is 10.2. The van der Waals surface area contributed by atoms with E-state index in [4.69, 9.17) is 10.5 Å². The van der Waals surface area contributed by atoms with Gasteiger partial charge in [-0.15, -0.1) is 0 Å². The van der Waals surface area contributed by atoms with E-state index in [0.29, 0.717) is 10.2 Å². The summed E-state index contributed by atoms with van der Waals surface area (Å²) >= 11 is 3.22. The molecule has 0 spiro atoms. The van der Waals surface area contributed by atoms with E-state index in [9.17, 15) is 9.18 Å². The number of nitrogens with one attached hydrogen (secondary N) is 1. The highest BCUT2D eigenvalue weighted by atomic mass is 79.9. The fourth-order valence-electron chi connectivity index (χ4n) is 1.74. The van der Waals surface area contributed by atoms with Crippen LogP contribution >= 0.6 is 15.9 Å². The van der Waals surface area contributed by atoms with Crippen molar-refractivity contribution in [1.29, 1.82) is 0 Å². The van der Waals surface area contributed by atoms with Crippen LogP contribution < -0.4 is 15.8 Å². The van der Waals surface area contributed by atoms with Crippen LogP contribution in [0.4, 0.5) is 15.8 Å². The molecular weight excluding hydrogens is 327 g/mol. The Hall–Kier alpha value is -2.08. The summed E-state index contributed by atoms with van der Waals surface area (Å²) in [7, 11) is 1.44. The third-order valence-corrected chi connectivity index (χ3v) is 3.18. The van der Waals surface area contributed by atoms with E-state index in [0.717, 1.165) is 0 Å². The third-order valence-electron chi connectivity index (χ3n) is 2.68. The number of nitrogens with two attached hydrogens (primary N) is 1. The number of carbonyl (C=O) groups is 1. The zero-order valence-electron chi connectivity index (χ0n) is 10.6. The molecule has 104 valence electrons. The van der Waals surface area contributed by atoms with Gasteiger partial charge in [-0.3, -0.25) is 4.79 Å². The van der Waals surface area contributed by atoms with Gasteiger partial charge in [0.05, 0.1) is 12.8 Å². The Balaban J connectivity index is 2.36. The average molecular weight is 339 g/mol. The standard InChI is InChI=1S/C14H12BrFN2O2/c1-20-12-4-2-3-10(17)13(12)14(19)18-11-7-8(15)5-6-9(11)16/h2-7H,17H2,1H3,(H,18,19). The number of hydrogen-bond donors (Lipinski definition) is 2. The first-order valence-electron chi connectivity index (χ1n) is 5.72. The number of rotatable bonds is 3. The van der Waals surface area contributed by atoms with Gasteiger partial charge in [-0.2, -0.15) is 0 Å². The van der Waals surface area contributed by atoms with E-state index in [1.54, 1.807) is 24.3 Å². The molecule has 0 radical (unpaired) electrons. The van der Waals surface area contributed by atoms with Crippen molar-refractivity contribution in [3.63, 3.8) is 0 Å². The largest absolute Gasteiger partial charge is 0.496 e. The zero-order chi connectivity index (χ0) is 14.7. The van der Waals surface area contributed by atoms with Gasteiger partial charge in [-0.1, -0.05) is 22.0 Å². The minimum atomic E-state index is -0.532. The van der Waals surface area contributed by atoms with Crippen molar-refractivity contribution in [2.24, 2.45) is 0 Å². The number of nitrogen functional groups attached to an aromatic ring is 1. The molecule has 0 saturated heterocycles. The van der Waals surface area contributed by atoms with Crippen LogP contribution in [0, 0.1) is 5.82 Å². The Morgan fingerprint density at radius 1 is 1.35 bits per heavy atom. The predicted octanol–water partition coefficient (Wildman–Crippen LogP) is 3.43. The van der Waals surface area contributed by atoms with Gasteiger partial charge < -0.3 is 15.8 Å². The lowest BCUT2D eigenvalue weighted by molar-refractivity contribution is 0.102. The smallest absolute Gasteiger partial charge is 0.261 e. The van der Waals surface area contributed by atoms with Crippen molar-refractivity contribution >= 4 is 33.2 Å². The second kappa shape index (κ2) is 5.92. The molecule has 0 aliphatic rings. The summed E-state index contributed by atoms with van der Waals surface area (Å²) in [4.78, 5) is 12.2. The molecule has 4 nitrogen and oxygen atoms in total. The summed E-state index contributed by atoms with van der Waals surface area (Å²) < 4.78 is 19.4. The molecule has 0 unspecified atom stereocenters. The summed E-state index contributed by atoms with van der Waals surface area (Å²) in [6, 6.07) is 9.13. The molecule has 0 aliphatic carbocycles. The molecule has 0 saturated carbocycles. The molecule has 1 amide bonds. The van der Waals surface area contributed by atoms with E-state index in [1.807, 2.05) is 0 Å². The summed E-state index contributed by atoms with van der Waals surface area (Å²) in [6.45, 7) is 0. The summed E-state index contributed by atoms with van der Waals surface area (Å²) in [6.07, 6.45) is 0. The van der Waals surface area contributed by atoms with Crippen LogP contribution in [0.3, 0.4) is 0 Å². The molecule has 20 heavy (non-hydrogen) atoms. The van der Waals surface area contributed by atoms with Crippen LogP contribution in [0.25, 0.3) is 0 Å². The monoisotopic (exact) mass is 338 g/mol. The van der Waals surface area contributed by atoms with Crippen LogP contribution in [0.2, 0.25) is 0 Å². The summed E-state index contributed by atoms with van der Waals surface area (Å²) in [5.41, 5.74) is 6.28. The Labute approximate surface area is 123 Å². The molecule has 0 fully saturated rings. The van der Waals surface area contributed by atoms with Crippen molar-refractivity contribution in [3.8, 4) is 5.75 Å². The Kier molecular flexibility index (Phi) is 4.24. The molecule has 2 rings (SSSR count). The number of methoxy groups -OCH3 is 1. The van der Waals surface area contributed by atoms with Gasteiger partial charge in [-0.25, -0.2) is 4.39 Å². The Morgan fingerprint density at radius 3 is 2.80 bits per heavy atom. The minimum absolute atomic E-state index is 0.0645. The lowest BCUT2D eigenvalue weighted by atomic mass is 10.1. The number of amides is 1. The second-order valence-electron chi connectivity index (χ2n) is 4.00. The minimum Gasteiger partial charge on any atom is -0.496 e. The van der Waals surface area contributed by atoms with E-state index >= 15 is 0 Å². The average Bonchev–Trinajstić information content (AvgIpc) is 2.42. The maximum absolute atomic E-state index is 13.6. The van der Waals surface area contributed by atoms with E-state index in [2.05, 4.69) is 21.2 Å². The van der Waals surface area contributed by atoms with Gasteiger partial charge in [0, 0.05) is 10.2 Å². The van der Waals surface area contributed by atoms with E-state index < -0.39 is 11.7 Å². The first-order chi connectivity index (χ1) is 9.52. The number of carbonyl (C=O) groups excluding carboxylic acids is 1. The molecule has 2 aromatic rings.